The standard InChI is InChI=1S/C19H21FN2O4.ClH/c1-10-16-13(12-2-3-12)6-14(19(25)26)18(24)22(16)8-15(20)17(10)21-5-4-11(7-21)9-23;/h6,8,11-12,23H,2-5,7,9H2,1H3,(H,25,26);1H/t11-;/m0./s1. The first-order valence-electron chi connectivity index (χ1n) is 8.89. The highest BCUT2D eigenvalue weighted by molar-refractivity contribution is 5.89. The van der Waals surface area contributed by atoms with E-state index in [0.717, 1.165) is 35.4 Å². The number of carbonyl (C=O) groups is 1. The number of halogens is 2. The maximum absolute atomic E-state index is 14.9. The molecule has 3 heterocycles. The summed E-state index contributed by atoms with van der Waals surface area (Å²) in [5.74, 6) is -1.51. The van der Waals surface area contributed by atoms with Crippen molar-refractivity contribution in [1.29, 1.82) is 0 Å². The van der Waals surface area contributed by atoms with Gasteiger partial charge in [0.1, 0.15) is 5.56 Å². The van der Waals surface area contributed by atoms with Crippen LogP contribution in [0.15, 0.2) is 17.1 Å². The Balaban J connectivity index is 0.00000210. The van der Waals surface area contributed by atoms with Crippen LogP contribution < -0.4 is 10.5 Å². The number of hydrogen-bond donors (Lipinski definition) is 2. The second kappa shape index (κ2) is 7.13. The van der Waals surface area contributed by atoms with E-state index >= 15 is 0 Å². The van der Waals surface area contributed by atoms with Crippen molar-refractivity contribution < 1.29 is 19.4 Å². The molecule has 2 N–H and O–H groups in total. The van der Waals surface area contributed by atoms with Crippen LogP contribution in [-0.2, 0) is 0 Å². The topological polar surface area (TPSA) is 82.2 Å². The molecule has 2 aromatic rings. The maximum atomic E-state index is 14.9. The maximum Gasteiger partial charge on any atom is 0.341 e. The zero-order valence-corrected chi connectivity index (χ0v) is 15.8. The van der Waals surface area contributed by atoms with Gasteiger partial charge in [-0.25, -0.2) is 9.18 Å². The molecule has 1 saturated carbocycles. The lowest BCUT2D eigenvalue weighted by atomic mass is 10.0. The first kappa shape index (κ1) is 19.6. The zero-order valence-electron chi connectivity index (χ0n) is 14.9. The number of aromatic nitrogens is 1. The van der Waals surface area contributed by atoms with Gasteiger partial charge in [0, 0.05) is 25.6 Å². The van der Waals surface area contributed by atoms with Crippen molar-refractivity contribution in [3.63, 3.8) is 0 Å². The molecule has 1 aliphatic carbocycles. The number of pyridine rings is 2. The molecule has 1 atom stereocenters. The van der Waals surface area contributed by atoms with Gasteiger partial charge in [0.2, 0.25) is 0 Å². The monoisotopic (exact) mass is 396 g/mol. The van der Waals surface area contributed by atoms with E-state index < -0.39 is 17.3 Å². The average molecular weight is 397 g/mol. The number of fused-ring (bicyclic) bond motifs is 1. The molecule has 0 spiro atoms. The third-order valence-electron chi connectivity index (χ3n) is 5.55. The second-order valence-electron chi connectivity index (χ2n) is 7.35. The number of nitrogens with zero attached hydrogens (tertiary/aromatic N) is 2. The fourth-order valence-corrected chi connectivity index (χ4v) is 4.07. The molecule has 2 aliphatic rings. The molecule has 0 aromatic carbocycles. The van der Waals surface area contributed by atoms with Gasteiger partial charge in [0.25, 0.3) is 5.56 Å². The predicted molar refractivity (Wildman–Crippen MR) is 102 cm³/mol. The number of carboxylic acid groups (broad SMARTS) is 1. The number of carboxylic acids is 1. The summed E-state index contributed by atoms with van der Waals surface area (Å²) in [7, 11) is 0. The van der Waals surface area contributed by atoms with Gasteiger partial charge in [0.15, 0.2) is 5.82 Å². The summed E-state index contributed by atoms with van der Waals surface area (Å²) >= 11 is 0. The molecule has 1 saturated heterocycles. The van der Waals surface area contributed by atoms with Crippen molar-refractivity contribution >= 4 is 29.6 Å². The van der Waals surface area contributed by atoms with Crippen LogP contribution in [0.1, 0.15) is 46.7 Å². The minimum atomic E-state index is -1.29. The molecule has 6 nitrogen and oxygen atoms in total. The molecule has 2 fully saturated rings. The van der Waals surface area contributed by atoms with Crippen molar-refractivity contribution in [3.05, 3.63) is 45.1 Å². The van der Waals surface area contributed by atoms with E-state index in [1.165, 1.54) is 6.07 Å². The molecule has 0 amide bonds. The normalized spacial score (nSPS) is 19.4. The summed E-state index contributed by atoms with van der Waals surface area (Å²) in [5.41, 5.74) is 1.49. The Hall–Kier alpha value is -2.12. The minimum Gasteiger partial charge on any atom is -0.477 e. The van der Waals surface area contributed by atoms with Gasteiger partial charge in [-0.1, -0.05) is 0 Å². The molecule has 27 heavy (non-hydrogen) atoms. The molecule has 1 aliphatic heterocycles. The summed E-state index contributed by atoms with van der Waals surface area (Å²) < 4.78 is 16.1. The number of aliphatic hydroxyl groups is 1. The van der Waals surface area contributed by atoms with E-state index in [9.17, 15) is 24.2 Å². The lowest BCUT2D eigenvalue weighted by Gasteiger charge is -2.24. The Morgan fingerprint density at radius 3 is 2.59 bits per heavy atom. The van der Waals surface area contributed by atoms with Crippen LogP contribution in [-0.4, -0.2) is 40.3 Å². The minimum absolute atomic E-state index is 0. The van der Waals surface area contributed by atoms with Gasteiger partial charge in [0.05, 0.1) is 17.4 Å². The van der Waals surface area contributed by atoms with Gasteiger partial charge in [-0.05, 0) is 49.3 Å². The first-order valence-corrected chi connectivity index (χ1v) is 8.89. The number of aliphatic hydroxyl groups excluding tert-OH is 1. The van der Waals surface area contributed by atoms with Gasteiger partial charge >= 0.3 is 5.97 Å². The largest absolute Gasteiger partial charge is 0.477 e. The number of hydrogen-bond acceptors (Lipinski definition) is 4. The molecule has 2 aromatic heterocycles. The van der Waals surface area contributed by atoms with E-state index in [2.05, 4.69) is 0 Å². The Bertz CT molecular complexity index is 971. The van der Waals surface area contributed by atoms with E-state index in [1.54, 1.807) is 6.92 Å². The molecule has 4 rings (SSSR count). The summed E-state index contributed by atoms with van der Waals surface area (Å²) in [4.78, 5) is 25.9. The number of anilines is 1. The molecule has 0 bridgehead atoms. The fourth-order valence-electron chi connectivity index (χ4n) is 4.07. The lowest BCUT2D eigenvalue weighted by molar-refractivity contribution is 0.0694. The molecule has 0 radical (unpaired) electrons. The first-order chi connectivity index (χ1) is 12.4. The van der Waals surface area contributed by atoms with Crippen molar-refractivity contribution in [3.8, 4) is 0 Å². The van der Waals surface area contributed by atoms with Gasteiger partial charge in [-0.3, -0.25) is 9.20 Å². The Morgan fingerprint density at radius 1 is 1.33 bits per heavy atom. The van der Waals surface area contributed by atoms with E-state index in [0.29, 0.717) is 29.9 Å². The van der Waals surface area contributed by atoms with E-state index in [-0.39, 0.29) is 36.4 Å². The van der Waals surface area contributed by atoms with Crippen LogP contribution in [0.2, 0.25) is 0 Å². The summed E-state index contributed by atoms with van der Waals surface area (Å²) in [6.07, 6.45) is 3.79. The van der Waals surface area contributed by atoms with Crippen LogP contribution in [0.25, 0.3) is 5.52 Å². The smallest absolute Gasteiger partial charge is 0.341 e. The summed E-state index contributed by atoms with van der Waals surface area (Å²) in [6, 6.07) is 1.47. The van der Waals surface area contributed by atoms with E-state index in [1.807, 2.05) is 4.90 Å². The SMILES string of the molecule is Cc1c(N2CC[C@H](CO)C2)c(F)cn2c(=O)c(C(=O)O)cc(C3CC3)c12.Cl. The highest BCUT2D eigenvalue weighted by Gasteiger charge is 2.32. The predicted octanol–water partition coefficient (Wildman–Crippen LogP) is 2.56. The highest BCUT2D eigenvalue weighted by Crippen LogP contribution is 2.44. The Labute approximate surface area is 161 Å². The van der Waals surface area contributed by atoms with Gasteiger partial charge < -0.3 is 15.1 Å². The van der Waals surface area contributed by atoms with Crippen LogP contribution in [0, 0.1) is 18.7 Å². The van der Waals surface area contributed by atoms with Crippen molar-refractivity contribution in [2.45, 2.75) is 32.1 Å². The lowest BCUT2D eigenvalue weighted by Crippen LogP contribution is -2.27. The third kappa shape index (κ3) is 3.19. The summed E-state index contributed by atoms with van der Waals surface area (Å²) in [5, 5.41) is 18.7. The van der Waals surface area contributed by atoms with E-state index in [4.69, 9.17) is 0 Å². The van der Waals surface area contributed by atoms with Gasteiger partial charge in [-0.15, -0.1) is 12.4 Å². The number of aryl methyl sites for hydroxylation is 1. The van der Waals surface area contributed by atoms with Crippen LogP contribution in [0.4, 0.5) is 10.1 Å². The van der Waals surface area contributed by atoms with Crippen molar-refractivity contribution in [2.24, 2.45) is 5.92 Å². The number of rotatable bonds is 4. The zero-order chi connectivity index (χ0) is 18.6. The summed E-state index contributed by atoms with van der Waals surface area (Å²) in [6.45, 7) is 3.07. The van der Waals surface area contributed by atoms with Crippen molar-refractivity contribution in [1.82, 2.24) is 4.40 Å². The van der Waals surface area contributed by atoms with Crippen LogP contribution in [0.5, 0.6) is 0 Å². The quantitative estimate of drug-likeness (QED) is 0.830. The Kier molecular flexibility index (Phi) is 5.18. The molecular formula is C19H22ClFN2O4. The number of aromatic carboxylic acids is 1. The third-order valence-corrected chi connectivity index (χ3v) is 5.55. The Morgan fingerprint density at radius 2 is 2.04 bits per heavy atom. The fraction of sp³-hybridized carbons (Fsp3) is 0.474. The van der Waals surface area contributed by atoms with Crippen LogP contribution >= 0.6 is 12.4 Å². The molecular weight excluding hydrogens is 375 g/mol. The van der Waals surface area contributed by atoms with Crippen LogP contribution in [0.3, 0.4) is 0 Å². The van der Waals surface area contributed by atoms with Gasteiger partial charge in [-0.2, -0.15) is 0 Å². The second-order valence-corrected chi connectivity index (χ2v) is 7.35. The average Bonchev–Trinajstić information content (AvgIpc) is 3.33. The molecule has 8 heteroatoms. The van der Waals surface area contributed by atoms with Crippen molar-refractivity contribution in [2.75, 3.05) is 24.6 Å². The highest BCUT2D eigenvalue weighted by atomic mass is 35.5. The molecule has 0 unspecified atom stereocenters. The molecule has 146 valence electrons.